The molecule has 1 atom stereocenters. The molecule has 0 radical (unpaired) electrons. The number of rotatable bonds is 5. The van der Waals surface area contributed by atoms with E-state index in [1.54, 1.807) is 10.6 Å². The molecule has 1 aromatic rings. The minimum absolute atomic E-state index is 0.0157. The van der Waals surface area contributed by atoms with Gasteiger partial charge in [0.1, 0.15) is 5.69 Å². The molecule has 2 N–H and O–H groups in total. The van der Waals surface area contributed by atoms with Crippen LogP contribution in [0.15, 0.2) is 30.1 Å². The monoisotopic (exact) mass is 362 g/mol. The number of carbonyl (C=O) groups is 2. The molecule has 8 heteroatoms. The standard InChI is InChI=1S/C18H26N4O4/c1-6-8-19-15(23)14-12-10-20(17(25)26)11-13(18(3,4)5)22(12)16(24)21(14)9-7-2/h6-7,13H,1-2,8-11H2,3-5H3,(H,19,23)(H,25,26). The molecule has 2 rings (SSSR count). The molecule has 0 aliphatic carbocycles. The van der Waals surface area contributed by atoms with Crippen molar-refractivity contribution < 1.29 is 14.7 Å². The summed E-state index contributed by atoms with van der Waals surface area (Å²) < 4.78 is 2.93. The van der Waals surface area contributed by atoms with Crippen molar-refractivity contribution in [3.8, 4) is 0 Å². The Kier molecular flexibility index (Phi) is 5.44. The van der Waals surface area contributed by atoms with Gasteiger partial charge in [0.15, 0.2) is 0 Å². The Morgan fingerprint density at radius 1 is 1.31 bits per heavy atom. The number of aromatic nitrogens is 2. The lowest BCUT2D eigenvalue weighted by atomic mass is 9.85. The van der Waals surface area contributed by atoms with Gasteiger partial charge < -0.3 is 15.3 Å². The number of carboxylic acid groups (broad SMARTS) is 1. The summed E-state index contributed by atoms with van der Waals surface area (Å²) in [5.74, 6) is -0.433. The van der Waals surface area contributed by atoms with Gasteiger partial charge in [0.2, 0.25) is 0 Å². The third-order valence-electron chi connectivity index (χ3n) is 4.52. The fourth-order valence-electron chi connectivity index (χ4n) is 3.23. The third kappa shape index (κ3) is 3.44. The number of hydrogen-bond acceptors (Lipinski definition) is 3. The predicted molar refractivity (Wildman–Crippen MR) is 98.3 cm³/mol. The van der Waals surface area contributed by atoms with Gasteiger partial charge in [-0.3, -0.25) is 13.9 Å². The van der Waals surface area contributed by atoms with Crippen molar-refractivity contribution in [1.29, 1.82) is 0 Å². The van der Waals surface area contributed by atoms with Gasteiger partial charge in [0.05, 0.1) is 18.3 Å². The molecular weight excluding hydrogens is 336 g/mol. The SMILES string of the molecule is C=CCNC(=O)c1c2n(c(=O)n1CC=C)C(C(C)(C)C)CN(C(=O)O)C2. The first-order valence-electron chi connectivity index (χ1n) is 8.45. The van der Waals surface area contributed by atoms with Crippen LogP contribution in [0.25, 0.3) is 0 Å². The molecule has 2 heterocycles. The Hall–Kier alpha value is -2.77. The van der Waals surface area contributed by atoms with Crippen LogP contribution < -0.4 is 11.0 Å². The van der Waals surface area contributed by atoms with Crippen LogP contribution in [0.3, 0.4) is 0 Å². The lowest BCUT2D eigenvalue weighted by molar-refractivity contribution is 0.0892. The molecule has 0 fully saturated rings. The summed E-state index contributed by atoms with van der Waals surface area (Å²) in [4.78, 5) is 38.6. The van der Waals surface area contributed by atoms with Gasteiger partial charge >= 0.3 is 11.8 Å². The van der Waals surface area contributed by atoms with Crippen molar-refractivity contribution in [3.63, 3.8) is 0 Å². The van der Waals surface area contributed by atoms with Gasteiger partial charge in [0.25, 0.3) is 5.91 Å². The fraction of sp³-hybridized carbons (Fsp3) is 0.500. The second kappa shape index (κ2) is 7.23. The van der Waals surface area contributed by atoms with E-state index in [-0.39, 0.29) is 49.0 Å². The van der Waals surface area contributed by atoms with Gasteiger partial charge in [-0.2, -0.15) is 0 Å². The molecule has 1 aliphatic rings. The highest BCUT2D eigenvalue weighted by molar-refractivity contribution is 5.94. The molecule has 1 aromatic heterocycles. The van der Waals surface area contributed by atoms with Crippen LogP contribution in [0.2, 0.25) is 0 Å². The molecule has 0 bridgehead atoms. The quantitative estimate of drug-likeness (QED) is 0.781. The Morgan fingerprint density at radius 2 is 1.96 bits per heavy atom. The van der Waals surface area contributed by atoms with Crippen molar-refractivity contribution in [2.75, 3.05) is 13.1 Å². The van der Waals surface area contributed by atoms with Crippen LogP contribution in [-0.4, -0.2) is 44.2 Å². The largest absolute Gasteiger partial charge is 0.465 e. The number of imidazole rings is 1. The van der Waals surface area contributed by atoms with Crippen molar-refractivity contribution in [1.82, 2.24) is 19.4 Å². The van der Waals surface area contributed by atoms with E-state index in [9.17, 15) is 19.5 Å². The zero-order chi connectivity index (χ0) is 19.6. The van der Waals surface area contributed by atoms with Gasteiger partial charge in [-0.05, 0) is 5.41 Å². The summed E-state index contributed by atoms with van der Waals surface area (Å²) >= 11 is 0. The van der Waals surface area contributed by atoms with Crippen LogP contribution in [0, 0.1) is 5.41 Å². The second-order valence-electron chi connectivity index (χ2n) is 7.39. The average Bonchev–Trinajstić information content (AvgIpc) is 2.84. The zero-order valence-electron chi connectivity index (χ0n) is 15.5. The number of fused-ring (bicyclic) bond motifs is 1. The Bertz CT molecular complexity index is 797. The Labute approximate surface area is 152 Å². The Morgan fingerprint density at radius 3 is 2.46 bits per heavy atom. The number of hydrogen-bond donors (Lipinski definition) is 2. The van der Waals surface area contributed by atoms with E-state index in [4.69, 9.17) is 0 Å². The first-order chi connectivity index (χ1) is 12.1. The molecular formula is C18H26N4O4. The number of allylic oxidation sites excluding steroid dienone is 1. The third-order valence-corrected chi connectivity index (χ3v) is 4.52. The van der Waals surface area contributed by atoms with Crippen LogP contribution in [0.4, 0.5) is 4.79 Å². The van der Waals surface area contributed by atoms with Crippen LogP contribution in [0.1, 0.15) is 43.0 Å². The summed E-state index contributed by atoms with van der Waals surface area (Å²) in [7, 11) is 0. The van der Waals surface area contributed by atoms with E-state index in [1.165, 1.54) is 15.5 Å². The normalized spacial score (nSPS) is 16.7. The molecule has 1 unspecified atom stereocenters. The highest BCUT2D eigenvalue weighted by Crippen LogP contribution is 2.35. The van der Waals surface area contributed by atoms with Gasteiger partial charge in [-0.15, -0.1) is 13.2 Å². The summed E-state index contributed by atoms with van der Waals surface area (Å²) in [6.07, 6.45) is 2.00. The number of nitrogens with one attached hydrogen (secondary N) is 1. The summed E-state index contributed by atoms with van der Waals surface area (Å²) in [5, 5.41) is 12.2. The van der Waals surface area contributed by atoms with Gasteiger partial charge in [0, 0.05) is 19.6 Å². The number of amides is 2. The molecule has 142 valence electrons. The molecule has 0 aromatic carbocycles. The smallest absolute Gasteiger partial charge is 0.407 e. The lowest BCUT2D eigenvalue weighted by Gasteiger charge is -2.39. The van der Waals surface area contributed by atoms with Crippen LogP contribution >= 0.6 is 0 Å². The molecule has 0 saturated heterocycles. The van der Waals surface area contributed by atoms with E-state index in [1.807, 2.05) is 20.8 Å². The van der Waals surface area contributed by atoms with Crippen LogP contribution in [0.5, 0.6) is 0 Å². The van der Waals surface area contributed by atoms with E-state index in [0.29, 0.717) is 5.69 Å². The van der Waals surface area contributed by atoms with Crippen molar-refractivity contribution in [3.05, 3.63) is 47.2 Å². The molecule has 8 nitrogen and oxygen atoms in total. The van der Waals surface area contributed by atoms with Gasteiger partial charge in [-0.1, -0.05) is 32.9 Å². The maximum atomic E-state index is 13.0. The maximum Gasteiger partial charge on any atom is 0.407 e. The summed E-state index contributed by atoms with van der Waals surface area (Å²) in [5.41, 5.74) is -0.111. The summed E-state index contributed by atoms with van der Waals surface area (Å²) in [6, 6.07) is -0.383. The van der Waals surface area contributed by atoms with Crippen LogP contribution in [-0.2, 0) is 13.1 Å². The number of carbonyl (C=O) groups excluding carboxylic acids is 1. The first kappa shape index (κ1) is 19.6. The maximum absolute atomic E-state index is 13.0. The van der Waals surface area contributed by atoms with E-state index < -0.39 is 12.0 Å². The lowest BCUT2D eigenvalue weighted by Crippen LogP contribution is -2.47. The highest BCUT2D eigenvalue weighted by atomic mass is 16.4. The zero-order valence-corrected chi connectivity index (χ0v) is 15.5. The minimum atomic E-state index is -1.08. The predicted octanol–water partition coefficient (Wildman–Crippen LogP) is 1.83. The van der Waals surface area contributed by atoms with E-state index >= 15 is 0 Å². The fourth-order valence-corrected chi connectivity index (χ4v) is 3.23. The molecule has 1 aliphatic heterocycles. The molecule has 0 spiro atoms. The van der Waals surface area contributed by atoms with Gasteiger partial charge in [-0.25, -0.2) is 9.59 Å². The number of nitrogens with zero attached hydrogens (tertiary/aromatic N) is 3. The first-order valence-corrected chi connectivity index (χ1v) is 8.45. The van der Waals surface area contributed by atoms with E-state index in [2.05, 4.69) is 18.5 Å². The van der Waals surface area contributed by atoms with E-state index in [0.717, 1.165) is 0 Å². The second-order valence-corrected chi connectivity index (χ2v) is 7.39. The molecule has 26 heavy (non-hydrogen) atoms. The Balaban J connectivity index is 2.72. The van der Waals surface area contributed by atoms with Crippen molar-refractivity contribution >= 4 is 12.0 Å². The molecule has 0 saturated carbocycles. The minimum Gasteiger partial charge on any atom is -0.465 e. The summed E-state index contributed by atoms with van der Waals surface area (Å²) in [6.45, 7) is 13.6. The van der Waals surface area contributed by atoms with Crippen molar-refractivity contribution in [2.45, 2.75) is 39.9 Å². The topological polar surface area (TPSA) is 96.6 Å². The average molecular weight is 362 g/mol. The highest BCUT2D eigenvalue weighted by Gasteiger charge is 2.40. The van der Waals surface area contributed by atoms with Crippen molar-refractivity contribution in [2.24, 2.45) is 5.41 Å². The molecule has 2 amide bonds.